The van der Waals surface area contributed by atoms with Gasteiger partial charge in [0.2, 0.25) is 5.28 Å². The van der Waals surface area contributed by atoms with Crippen LogP contribution in [0, 0.1) is 0 Å². The van der Waals surface area contributed by atoms with Gasteiger partial charge in [-0.2, -0.15) is 9.97 Å². The van der Waals surface area contributed by atoms with E-state index in [0.717, 1.165) is 36.4 Å². The normalized spacial score (nSPS) is 20.2. The molecule has 0 amide bonds. The van der Waals surface area contributed by atoms with Crippen LogP contribution in [0.3, 0.4) is 0 Å². The van der Waals surface area contributed by atoms with Crippen LogP contribution < -0.4 is 4.90 Å². The molecular formula is C12H16ClN5. The molecule has 96 valence electrons. The summed E-state index contributed by atoms with van der Waals surface area (Å²) in [7, 11) is 4.24. The zero-order chi connectivity index (χ0) is 12.7. The first kappa shape index (κ1) is 11.7. The van der Waals surface area contributed by atoms with E-state index >= 15 is 0 Å². The number of likely N-dealkylation sites (N-methyl/N-ethyl adjacent to an activating group) is 1. The molecule has 1 N–H and O–H groups in total. The Bertz CT molecular complexity index is 565. The first-order chi connectivity index (χ1) is 8.65. The monoisotopic (exact) mass is 265 g/mol. The molecule has 2 aromatic rings. The van der Waals surface area contributed by atoms with Crippen molar-refractivity contribution in [2.24, 2.45) is 0 Å². The molecule has 1 saturated heterocycles. The average molecular weight is 266 g/mol. The van der Waals surface area contributed by atoms with Crippen LogP contribution in [0.1, 0.15) is 6.42 Å². The lowest BCUT2D eigenvalue weighted by Gasteiger charge is -2.21. The first-order valence-electron chi connectivity index (χ1n) is 6.07. The number of anilines is 1. The number of rotatable bonds is 2. The second-order valence-corrected chi connectivity index (χ2v) is 5.25. The van der Waals surface area contributed by atoms with Gasteiger partial charge in [-0.05, 0) is 38.2 Å². The third kappa shape index (κ3) is 1.93. The zero-order valence-electron chi connectivity index (χ0n) is 10.5. The molecule has 1 aliphatic rings. The number of hydrogen-bond donors (Lipinski definition) is 1. The highest BCUT2D eigenvalue weighted by molar-refractivity contribution is 6.28. The highest BCUT2D eigenvalue weighted by Crippen LogP contribution is 2.28. The Morgan fingerprint density at radius 2 is 2.28 bits per heavy atom. The second-order valence-electron chi connectivity index (χ2n) is 4.91. The fourth-order valence-corrected chi connectivity index (χ4v) is 2.66. The van der Waals surface area contributed by atoms with Gasteiger partial charge in [0.25, 0.3) is 0 Å². The molecule has 2 aromatic heterocycles. The van der Waals surface area contributed by atoms with Gasteiger partial charge in [-0.25, -0.2) is 0 Å². The third-order valence-electron chi connectivity index (χ3n) is 3.56. The van der Waals surface area contributed by atoms with Crippen molar-refractivity contribution in [2.45, 2.75) is 12.5 Å². The largest absolute Gasteiger partial charge is 0.354 e. The molecule has 0 aliphatic carbocycles. The van der Waals surface area contributed by atoms with Crippen LogP contribution in [0.4, 0.5) is 5.82 Å². The van der Waals surface area contributed by atoms with Crippen molar-refractivity contribution in [3.63, 3.8) is 0 Å². The number of nitrogens with one attached hydrogen (secondary N) is 1. The summed E-state index contributed by atoms with van der Waals surface area (Å²) >= 11 is 5.98. The lowest BCUT2D eigenvalue weighted by Crippen LogP contribution is -2.31. The van der Waals surface area contributed by atoms with Gasteiger partial charge >= 0.3 is 0 Å². The van der Waals surface area contributed by atoms with Crippen LogP contribution in [0.25, 0.3) is 11.0 Å². The standard InChI is InChI=1S/C12H16ClN5/c1-17(2)8-4-6-18(7-8)11-9-3-5-14-10(9)15-12(13)16-11/h3,5,8H,4,6-7H2,1-2H3,(H,14,15,16). The fraction of sp³-hybridized carbons (Fsp3) is 0.500. The molecule has 1 atom stereocenters. The molecule has 1 fully saturated rings. The zero-order valence-corrected chi connectivity index (χ0v) is 11.3. The topological polar surface area (TPSA) is 48.1 Å². The van der Waals surface area contributed by atoms with Gasteiger partial charge in [0.05, 0.1) is 5.39 Å². The molecule has 3 heterocycles. The van der Waals surface area contributed by atoms with E-state index in [-0.39, 0.29) is 0 Å². The maximum absolute atomic E-state index is 5.98. The molecule has 3 rings (SSSR count). The number of H-pyrrole nitrogens is 1. The van der Waals surface area contributed by atoms with Crippen LogP contribution in [0.15, 0.2) is 12.3 Å². The average Bonchev–Trinajstić information content (AvgIpc) is 2.95. The molecule has 0 spiro atoms. The van der Waals surface area contributed by atoms with Crippen LogP contribution >= 0.6 is 11.6 Å². The number of halogens is 1. The van der Waals surface area contributed by atoms with Crippen molar-refractivity contribution in [2.75, 3.05) is 32.1 Å². The molecule has 0 saturated carbocycles. The van der Waals surface area contributed by atoms with Crippen LogP contribution in [-0.4, -0.2) is 53.1 Å². The van der Waals surface area contributed by atoms with Gasteiger partial charge in [-0.3, -0.25) is 0 Å². The van der Waals surface area contributed by atoms with Crippen LogP contribution in [0.2, 0.25) is 5.28 Å². The second kappa shape index (κ2) is 4.40. The molecule has 0 radical (unpaired) electrons. The SMILES string of the molecule is CN(C)C1CCN(c2nc(Cl)nc3[nH]ccc23)C1. The molecular weight excluding hydrogens is 250 g/mol. The number of aromatic nitrogens is 3. The number of aromatic amines is 1. The van der Waals surface area contributed by atoms with E-state index in [2.05, 4.69) is 38.8 Å². The van der Waals surface area contributed by atoms with Gasteiger partial charge in [0.1, 0.15) is 11.5 Å². The first-order valence-corrected chi connectivity index (χ1v) is 6.45. The van der Waals surface area contributed by atoms with Crippen molar-refractivity contribution in [1.82, 2.24) is 19.9 Å². The van der Waals surface area contributed by atoms with E-state index in [1.165, 1.54) is 0 Å². The maximum Gasteiger partial charge on any atom is 0.226 e. The Balaban J connectivity index is 1.97. The smallest absolute Gasteiger partial charge is 0.226 e. The van der Waals surface area contributed by atoms with Crippen molar-refractivity contribution in [3.05, 3.63) is 17.5 Å². The van der Waals surface area contributed by atoms with Gasteiger partial charge in [0.15, 0.2) is 0 Å². The Morgan fingerprint density at radius 3 is 3.00 bits per heavy atom. The summed E-state index contributed by atoms with van der Waals surface area (Å²) in [6, 6.07) is 2.58. The minimum absolute atomic E-state index is 0.299. The summed E-state index contributed by atoms with van der Waals surface area (Å²) < 4.78 is 0. The lowest BCUT2D eigenvalue weighted by atomic mass is 10.2. The van der Waals surface area contributed by atoms with Crippen LogP contribution in [0.5, 0.6) is 0 Å². The number of nitrogens with zero attached hydrogens (tertiary/aromatic N) is 4. The van der Waals surface area contributed by atoms with Crippen molar-refractivity contribution >= 4 is 28.5 Å². The van der Waals surface area contributed by atoms with E-state index in [9.17, 15) is 0 Å². The number of fused-ring (bicyclic) bond motifs is 1. The Morgan fingerprint density at radius 1 is 1.44 bits per heavy atom. The fourth-order valence-electron chi connectivity index (χ4n) is 2.50. The summed E-state index contributed by atoms with van der Waals surface area (Å²) in [5.74, 6) is 0.940. The quantitative estimate of drug-likeness (QED) is 0.841. The predicted molar refractivity (Wildman–Crippen MR) is 73.2 cm³/mol. The Hall–Kier alpha value is -1.33. The summed E-state index contributed by atoms with van der Waals surface area (Å²) in [5, 5.41) is 1.34. The molecule has 18 heavy (non-hydrogen) atoms. The van der Waals surface area contributed by atoms with E-state index in [1.807, 2.05) is 12.3 Å². The van der Waals surface area contributed by atoms with Gasteiger partial charge in [-0.1, -0.05) is 0 Å². The van der Waals surface area contributed by atoms with Crippen molar-refractivity contribution < 1.29 is 0 Å². The summed E-state index contributed by atoms with van der Waals surface area (Å²) in [5.41, 5.74) is 0.804. The van der Waals surface area contributed by atoms with Crippen molar-refractivity contribution in [1.29, 1.82) is 0 Å². The minimum atomic E-state index is 0.299. The summed E-state index contributed by atoms with van der Waals surface area (Å²) in [6.07, 6.45) is 3.03. The van der Waals surface area contributed by atoms with E-state index in [1.54, 1.807) is 0 Å². The van der Waals surface area contributed by atoms with Gasteiger partial charge in [-0.15, -0.1) is 0 Å². The minimum Gasteiger partial charge on any atom is -0.354 e. The molecule has 6 heteroatoms. The molecule has 0 aromatic carbocycles. The van der Waals surface area contributed by atoms with Crippen molar-refractivity contribution in [3.8, 4) is 0 Å². The Labute approximate surface area is 111 Å². The molecule has 1 unspecified atom stereocenters. The molecule has 0 bridgehead atoms. The van der Waals surface area contributed by atoms with E-state index in [0.29, 0.717) is 11.3 Å². The van der Waals surface area contributed by atoms with Crippen LogP contribution in [-0.2, 0) is 0 Å². The summed E-state index contributed by atoms with van der Waals surface area (Å²) in [4.78, 5) is 16.2. The third-order valence-corrected chi connectivity index (χ3v) is 3.73. The van der Waals surface area contributed by atoms with E-state index in [4.69, 9.17) is 11.6 Å². The Kier molecular flexibility index (Phi) is 2.87. The molecule has 5 nitrogen and oxygen atoms in total. The highest BCUT2D eigenvalue weighted by atomic mass is 35.5. The lowest BCUT2D eigenvalue weighted by molar-refractivity contribution is 0.315. The number of hydrogen-bond acceptors (Lipinski definition) is 4. The van der Waals surface area contributed by atoms with Gasteiger partial charge in [0, 0.05) is 25.3 Å². The maximum atomic E-state index is 5.98. The highest BCUT2D eigenvalue weighted by Gasteiger charge is 2.26. The molecule has 1 aliphatic heterocycles. The van der Waals surface area contributed by atoms with E-state index < -0.39 is 0 Å². The predicted octanol–water partition coefficient (Wildman–Crippen LogP) is 1.75. The van der Waals surface area contributed by atoms with Gasteiger partial charge < -0.3 is 14.8 Å². The summed E-state index contributed by atoms with van der Waals surface area (Å²) in [6.45, 7) is 2.00.